The maximum atomic E-state index is 11.7. The molecule has 3 aliphatic rings. The SMILES string of the molecule is Cl.O=C(NC1CC1C1CC1)[C@H]1CCNC1. The normalized spacial score (nSPS) is 38.3. The van der Waals surface area contributed by atoms with Crippen molar-refractivity contribution in [2.45, 2.75) is 31.7 Å². The molecule has 2 N–H and O–H groups in total. The Kier molecular flexibility index (Phi) is 3.21. The zero-order valence-corrected chi connectivity index (χ0v) is 9.69. The number of carbonyl (C=O) groups excluding carboxylic acids is 1. The number of rotatable bonds is 3. The van der Waals surface area contributed by atoms with Crippen molar-refractivity contribution in [1.82, 2.24) is 10.6 Å². The van der Waals surface area contributed by atoms with Gasteiger partial charge in [0, 0.05) is 12.6 Å². The quantitative estimate of drug-likeness (QED) is 0.758. The van der Waals surface area contributed by atoms with E-state index in [0.29, 0.717) is 11.9 Å². The maximum Gasteiger partial charge on any atom is 0.224 e. The van der Waals surface area contributed by atoms with E-state index in [1.807, 2.05) is 0 Å². The summed E-state index contributed by atoms with van der Waals surface area (Å²) in [6.07, 6.45) is 5.08. The van der Waals surface area contributed by atoms with Crippen LogP contribution in [0.2, 0.25) is 0 Å². The van der Waals surface area contributed by atoms with E-state index in [1.54, 1.807) is 0 Å². The van der Waals surface area contributed by atoms with Gasteiger partial charge in [0.1, 0.15) is 0 Å². The number of carbonyl (C=O) groups is 1. The Morgan fingerprint density at radius 3 is 2.67 bits per heavy atom. The third-order valence-corrected chi connectivity index (χ3v) is 3.83. The summed E-state index contributed by atoms with van der Waals surface area (Å²) in [5.41, 5.74) is 0. The van der Waals surface area contributed by atoms with Crippen molar-refractivity contribution < 1.29 is 4.79 Å². The van der Waals surface area contributed by atoms with Crippen molar-refractivity contribution in [2.24, 2.45) is 17.8 Å². The van der Waals surface area contributed by atoms with Crippen molar-refractivity contribution in [2.75, 3.05) is 13.1 Å². The van der Waals surface area contributed by atoms with Crippen molar-refractivity contribution in [1.29, 1.82) is 0 Å². The van der Waals surface area contributed by atoms with Gasteiger partial charge in [-0.2, -0.15) is 0 Å². The molecule has 3 atom stereocenters. The lowest BCUT2D eigenvalue weighted by Gasteiger charge is -2.09. The van der Waals surface area contributed by atoms with E-state index in [9.17, 15) is 4.79 Å². The molecule has 0 spiro atoms. The van der Waals surface area contributed by atoms with Gasteiger partial charge in [-0.25, -0.2) is 0 Å². The van der Waals surface area contributed by atoms with Gasteiger partial charge in [0.05, 0.1) is 5.92 Å². The molecule has 2 saturated carbocycles. The van der Waals surface area contributed by atoms with Gasteiger partial charge in [-0.1, -0.05) is 0 Å². The van der Waals surface area contributed by atoms with E-state index < -0.39 is 0 Å². The minimum Gasteiger partial charge on any atom is -0.353 e. The molecule has 0 radical (unpaired) electrons. The molecule has 1 heterocycles. The second-order valence-corrected chi connectivity index (χ2v) is 5.04. The van der Waals surface area contributed by atoms with Gasteiger partial charge in [-0.05, 0) is 44.1 Å². The maximum absolute atomic E-state index is 11.7. The first kappa shape index (κ1) is 11.2. The van der Waals surface area contributed by atoms with E-state index in [-0.39, 0.29) is 18.3 Å². The molecule has 86 valence electrons. The summed E-state index contributed by atoms with van der Waals surface area (Å²) < 4.78 is 0. The fourth-order valence-corrected chi connectivity index (χ4v) is 2.60. The molecule has 3 nitrogen and oxygen atoms in total. The Hall–Kier alpha value is -0.280. The molecule has 3 rings (SSSR count). The molecular formula is C11H19ClN2O. The van der Waals surface area contributed by atoms with E-state index in [0.717, 1.165) is 31.3 Å². The molecule has 1 aliphatic heterocycles. The van der Waals surface area contributed by atoms with Gasteiger partial charge >= 0.3 is 0 Å². The van der Waals surface area contributed by atoms with Crippen LogP contribution in [0.25, 0.3) is 0 Å². The lowest BCUT2D eigenvalue weighted by atomic mass is 10.1. The van der Waals surface area contributed by atoms with Crippen molar-refractivity contribution in [3.8, 4) is 0 Å². The van der Waals surface area contributed by atoms with Gasteiger partial charge in [0.15, 0.2) is 0 Å². The van der Waals surface area contributed by atoms with Crippen LogP contribution < -0.4 is 10.6 Å². The molecule has 2 aliphatic carbocycles. The fourth-order valence-electron chi connectivity index (χ4n) is 2.60. The Balaban J connectivity index is 0.000000853. The van der Waals surface area contributed by atoms with Crippen molar-refractivity contribution >= 4 is 18.3 Å². The largest absolute Gasteiger partial charge is 0.353 e. The number of amides is 1. The predicted molar refractivity (Wildman–Crippen MR) is 61.0 cm³/mol. The molecule has 0 bridgehead atoms. The Labute approximate surface area is 96.8 Å². The first-order chi connectivity index (χ1) is 6.84. The number of hydrogen-bond donors (Lipinski definition) is 2. The molecule has 15 heavy (non-hydrogen) atoms. The Morgan fingerprint density at radius 1 is 1.27 bits per heavy atom. The lowest BCUT2D eigenvalue weighted by molar-refractivity contribution is -0.124. The molecule has 4 heteroatoms. The van der Waals surface area contributed by atoms with Gasteiger partial charge in [0.25, 0.3) is 0 Å². The summed E-state index contributed by atoms with van der Waals surface area (Å²) in [7, 11) is 0. The van der Waals surface area contributed by atoms with Crippen LogP contribution in [0.1, 0.15) is 25.7 Å². The van der Waals surface area contributed by atoms with Crippen LogP contribution >= 0.6 is 12.4 Å². The van der Waals surface area contributed by atoms with Crippen LogP contribution in [0.15, 0.2) is 0 Å². The van der Waals surface area contributed by atoms with E-state index in [1.165, 1.54) is 19.3 Å². The van der Waals surface area contributed by atoms with Gasteiger partial charge < -0.3 is 10.6 Å². The molecule has 1 amide bonds. The van der Waals surface area contributed by atoms with Crippen LogP contribution in [0.4, 0.5) is 0 Å². The van der Waals surface area contributed by atoms with Crippen LogP contribution in [0, 0.1) is 17.8 Å². The summed E-state index contributed by atoms with van der Waals surface area (Å²) in [5, 5.41) is 6.42. The van der Waals surface area contributed by atoms with Gasteiger partial charge in [-0.3, -0.25) is 4.79 Å². The molecule has 2 unspecified atom stereocenters. The van der Waals surface area contributed by atoms with E-state index >= 15 is 0 Å². The Bertz CT molecular complexity index is 249. The highest BCUT2D eigenvalue weighted by molar-refractivity contribution is 5.85. The van der Waals surface area contributed by atoms with Crippen LogP contribution in [-0.2, 0) is 4.79 Å². The van der Waals surface area contributed by atoms with Crippen LogP contribution in [0.5, 0.6) is 0 Å². The van der Waals surface area contributed by atoms with E-state index in [2.05, 4.69) is 10.6 Å². The smallest absolute Gasteiger partial charge is 0.224 e. The minimum absolute atomic E-state index is 0. The summed E-state index contributed by atoms with van der Waals surface area (Å²) in [5.74, 6) is 2.34. The topological polar surface area (TPSA) is 41.1 Å². The molecule has 3 fully saturated rings. The van der Waals surface area contributed by atoms with Crippen molar-refractivity contribution in [3.63, 3.8) is 0 Å². The number of hydrogen-bond acceptors (Lipinski definition) is 2. The lowest BCUT2D eigenvalue weighted by Crippen LogP contribution is -2.34. The monoisotopic (exact) mass is 230 g/mol. The average molecular weight is 231 g/mol. The molecule has 1 saturated heterocycles. The Morgan fingerprint density at radius 2 is 2.07 bits per heavy atom. The van der Waals surface area contributed by atoms with Crippen LogP contribution in [-0.4, -0.2) is 25.0 Å². The van der Waals surface area contributed by atoms with Gasteiger partial charge in [0.2, 0.25) is 5.91 Å². The summed E-state index contributed by atoms with van der Waals surface area (Å²) in [6, 6.07) is 0.538. The average Bonchev–Trinajstić information content (AvgIpc) is 3.06. The third-order valence-electron chi connectivity index (χ3n) is 3.83. The highest BCUT2D eigenvalue weighted by Crippen LogP contribution is 2.50. The molecule has 0 aromatic rings. The first-order valence-electron chi connectivity index (χ1n) is 5.85. The zero-order chi connectivity index (χ0) is 9.54. The molecule has 0 aromatic heterocycles. The fraction of sp³-hybridized carbons (Fsp3) is 0.909. The first-order valence-corrected chi connectivity index (χ1v) is 5.85. The third kappa shape index (κ3) is 2.45. The summed E-state index contributed by atoms with van der Waals surface area (Å²) >= 11 is 0. The minimum atomic E-state index is 0. The number of nitrogens with one attached hydrogen (secondary N) is 2. The highest BCUT2D eigenvalue weighted by atomic mass is 35.5. The summed E-state index contributed by atoms with van der Waals surface area (Å²) in [6.45, 7) is 1.89. The standard InChI is InChI=1S/C11H18N2O.ClH/c14-11(8-3-4-12-6-8)13-10-5-9(10)7-1-2-7;/h7-10,12H,1-6H2,(H,13,14);1H/t8-,9?,10?;/m0./s1. The molecule has 0 aromatic carbocycles. The van der Waals surface area contributed by atoms with Crippen LogP contribution in [0.3, 0.4) is 0 Å². The summed E-state index contributed by atoms with van der Waals surface area (Å²) in [4.78, 5) is 11.7. The second-order valence-electron chi connectivity index (χ2n) is 5.04. The second kappa shape index (κ2) is 4.30. The van der Waals surface area contributed by atoms with Crippen molar-refractivity contribution in [3.05, 3.63) is 0 Å². The predicted octanol–water partition coefficient (Wildman–Crippen LogP) is 0.932. The molecular weight excluding hydrogens is 212 g/mol. The van der Waals surface area contributed by atoms with E-state index in [4.69, 9.17) is 0 Å². The highest BCUT2D eigenvalue weighted by Gasteiger charge is 2.48. The zero-order valence-electron chi connectivity index (χ0n) is 8.87. The van der Waals surface area contributed by atoms with Gasteiger partial charge in [-0.15, -0.1) is 12.4 Å². The number of halogens is 1.